The number of carbonyl (C=O) groups excluding carboxylic acids is 2. The number of aromatic amines is 1. The molecule has 0 aliphatic carbocycles. The van der Waals surface area contributed by atoms with E-state index in [1.807, 2.05) is 0 Å². The standard InChI is InChI=1S/C20H23N7O4S/c1-26-10-14(9-22-26)7-18(28)27-11-16-17(12-27)23-24-19(16)20(29)21-8-13-3-5-15(6-4-13)25-32(2,30)31/h3-6,9-10,25H,7-8,11-12H2,1-2H3,(H,21,29)(H,23,24). The molecule has 168 valence electrons. The molecule has 0 spiro atoms. The number of hydrogen-bond acceptors (Lipinski definition) is 6. The number of H-pyrrole nitrogens is 1. The highest BCUT2D eigenvalue weighted by Gasteiger charge is 2.30. The van der Waals surface area contributed by atoms with Crippen molar-refractivity contribution in [2.24, 2.45) is 7.05 Å². The second kappa shape index (κ2) is 8.46. The fourth-order valence-corrected chi connectivity index (χ4v) is 4.09. The molecule has 2 amide bonds. The minimum absolute atomic E-state index is 0.0447. The maximum atomic E-state index is 12.7. The van der Waals surface area contributed by atoms with Gasteiger partial charge in [0.1, 0.15) is 0 Å². The van der Waals surface area contributed by atoms with Crippen LogP contribution >= 0.6 is 0 Å². The van der Waals surface area contributed by atoms with E-state index in [0.717, 1.165) is 28.6 Å². The SMILES string of the molecule is Cn1cc(CC(=O)N2Cc3[nH]nc(C(=O)NCc4ccc(NS(C)(=O)=O)cc4)c3C2)cn1. The maximum Gasteiger partial charge on any atom is 0.272 e. The number of nitrogens with zero attached hydrogens (tertiary/aromatic N) is 4. The van der Waals surface area contributed by atoms with Gasteiger partial charge in [-0.25, -0.2) is 8.42 Å². The van der Waals surface area contributed by atoms with Crippen molar-refractivity contribution >= 4 is 27.5 Å². The molecule has 32 heavy (non-hydrogen) atoms. The summed E-state index contributed by atoms with van der Waals surface area (Å²) in [6.07, 6.45) is 4.79. The van der Waals surface area contributed by atoms with Crippen molar-refractivity contribution in [1.82, 2.24) is 30.2 Å². The Balaban J connectivity index is 1.34. The van der Waals surface area contributed by atoms with Gasteiger partial charge in [-0.05, 0) is 23.3 Å². The Kier molecular flexibility index (Phi) is 5.70. The second-order valence-corrected chi connectivity index (χ2v) is 9.48. The molecular formula is C20H23N7O4S. The van der Waals surface area contributed by atoms with Gasteiger partial charge in [-0.15, -0.1) is 0 Å². The molecule has 1 aliphatic heterocycles. The first-order chi connectivity index (χ1) is 15.2. The molecule has 0 saturated heterocycles. The normalized spacial score (nSPS) is 13.1. The number of amides is 2. The Hall–Kier alpha value is -3.67. The number of hydrogen-bond donors (Lipinski definition) is 3. The largest absolute Gasteiger partial charge is 0.347 e. The molecule has 3 aromatic rings. The van der Waals surface area contributed by atoms with E-state index in [0.29, 0.717) is 18.8 Å². The van der Waals surface area contributed by atoms with Crippen LogP contribution in [0.1, 0.15) is 32.9 Å². The zero-order valence-corrected chi connectivity index (χ0v) is 18.4. The summed E-state index contributed by atoms with van der Waals surface area (Å²) < 4.78 is 26.6. The molecule has 3 heterocycles. The zero-order chi connectivity index (χ0) is 22.9. The number of anilines is 1. The number of sulfonamides is 1. The fourth-order valence-electron chi connectivity index (χ4n) is 3.52. The van der Waals surface area contributed by atoms with Crippen LogP contribution < -0.4 is 10.0 Å². The van der Waals surface area contributed by atoms with Crippen LogP contribution in [0.15, 0.2) is 36.7 Å². The molecule has 0 bridgehead atoms. The lowest BCUT2D eigenvalue weighted by Gasteiger charge is -2.15. The van der Waals surface area contributed by atoms with E-state index < -0.39 is 10.0 Å². The molecule has 0 saturated carbocycles. The van der Waals surface area contributed by atoms with Crippen molar-refractivity contribution in [2.75, 3.05) is 11.0 Å². The summed E-state index contributed by atoms with van der Waals surface area (Å²) in [6.45, 7) is 0.951. The molecular weight excluding hydrogens is 434 g/mol. The van der Waals surface area contributed by atoms with Crippen LogP contribution in [0.4, 0.5) is 5.69 Å². The van der Waals surface area contributed by atoms with Crippen LogP contribution in [0.5, 0.6) is 0 Å². The highest BCUT2D eigenvalue weighted by molar-refractivity contribution is 7.92. The van der Waals surface area contributed by atoms with Crippen LogP contribution in [-0.2, 0) is 47.9 Å². The summed E-state index contributed by atoms with van der Waals surface area (Å²) in [5.41, 5.74) is 3.83. The van der Waals surface area contributed by atoms with Crippen LogP contribution in [0.3, 0.4) is 0 Å². The summed E-state index contributed by atoms with van der Waals surface area (Å²) in [5, 5.41) is 13.9. The molecule has 3 N–H and O–H groups in total. The first-order valence-electron chi connectivity index (χ1n) is 9.84. The third kappa shape index (κ3) is 4.97. The molecule has 4 rings (SSSR count). The van der Waals surface area contributed by atoms with Crippen LogP contribution in [-0.4, -0.2) is 51.4 Å². The molecule has 0 unspecified atom stereocenters. The van der Waals surface area contributed by atoms with Crippen LogP contribution in [0.2, 0.25) is 0 Å². The Bertz CT molecular complexity index is 1260. The van der Waals surface area contributed by atoms with Gasteiger partial charge in [0, 0.05) is 31.0 Å². The molecule has 2 aromatic heterocycles. The summed E-state index contributed by atoms with van der Waals surface area (Å²) in [7, 11) is -1.54. The lowest BCUT2D eigenvalue weighted by atomic mass is 10.2. The summed E-state index contributed by atoms with van der Waals surface area (Å²) >= 11 is 0. The number of rotatable bonds is 7. The number of aromatic nitrogens is 4. The zero-order valence-electron chi connectivity index (χ0n) is 17.6. The highest BCUT2D eigenvalue weighted by atomic mass is 32.2. The number of aryl methyl sites for hydroxylation is 1. The Morgan fingerprint density at radius 1 is 1.16 bits per heavy atom. The van der Waals surface area contributed by atoms with Gasteiger partial charge in [0.25, 0.3) is 5.91 Å². The average Bonchev–Trinajstić information content (AvgIpc) is 3.41. The monoisotopic (exact) mass is 457 g/mol. The lowest BCUT2D eigenvalue weighted by Crippen LogP contribution is -2.28. The average molecular weight is 458 g/mol. The minimum Gasteiger partial charge on any atom is -0.347 e. The van der Waals surface area contributed by atoms with Crippen molar-refractivity contribution < 1.29 is 18.0 Å². The molecule has 0 atom stereocenters. The van der Waals surface area contributed by atoms with Crippen molar-refractivity contribution in [3.05, 3.63) is 64.7 Å². The molecule has 12 heteroatoms. The van der Waals surface area contributed by atoms with E-state index in [9.17, 15) is 18.0 Å². The van der Waals surface area contributed by atoms with Gasteiger partial charge >= 0.3 is 0 Å². The lowest BCUT2D eigenvalue weighted by molar-refractivity contribution is -0.131. The van der Waals surface area contributed by atoms with Gasteiger partial charge in [-0.1, -0.05) is 12.1 Å². The number of nitrogens with one attached hydrogen (secondary N) is 3. The van der Waals surface area contributed by atoms with E-state index in [1.54, 1.807) is 53.3 Å². The molecule has 1 aliphatic rings. The Morgan fingerprint density at radius 2 is 1.91 bits per heavy atom. The van der Waals surface area contributed by atoms with Crippen molar-refractivity contribution in [1.29, 1.82) is 0 Å². The smallest absolute Gasteiger partial charge is 0.272 e. The third-order valence-corrected chi connectivity index (χ3v) is 5.65. The second-order valence-electron chi connectivity index (χ2n) is 7.73. The minimum atomic E-state index is -3.34. The maximum absolute atomic E-state index is 12.7. The molecule has 0 fully saturated rings. The quantitative estimate of drug-likeness (QED) is 0.472. The highest BCUT2D eigenvalue weighted by Crippen LogP contribution is 2.24. The Morgan fingerprint density at radius 3 is 2.56 bits per heavy atom. The Labute approximate surface area is 184 Å². The van der Waals surface area contributed by atoms with E-state index in [1.165, 1.54) is 0 Å². The molecule has 1 aromatic carbocycles. The van der Waals surface area contributed by atoms with Gasteiger partial charge in [0.05, 0.1) is 37.7 Å². The van der Waals surface area contributed by atoms with E-state index in [2.05, 4.69) is 25.3 Å². The molecule has 0 radical (unpaired) electrons. The van der Waals surface area contributed by atoms with Crippen LogP contribution in [0, 0.1) is 0 Å². The van der Waals surface area contributed by atoms with Crippen molar-refractivity contribution in [2.45, 2.75) is 26.1 Å². The predicted molar refractivity (Wildman–Crippen MR) is 116 cm³/mol. The van der Waals surface area contributed by atoms with Gasteiger partial charge in [-0.3, -0.25) is 24.1 Å². The molecule has 11 nitrogen and oxygen atoms in total. The number of benzene rings is 1. The topological polar surface area (TPSA) is 142 Å². The first kappa shape index (κ1) is 21.6. The van der Waals surface area contributed by atoms with Crippen LogP contribution in [0.25, 0.3) is 0 Å². The van der Waals surface area contributed by atoms with Gasteiger partial charge in [0.15, 0.2) is 5.69 Å². The van der Waals surface area contributed by atoms with E-state index in [4.69, 9.17) is 0 Å². The van der Waals surface area contributed by atoms with Crippen molar-refractivity contribution in [3.63, 3.8) is 0 Å². The summed E-state index contributed by atoms with van der Waals surface area (Å²) in [4.78, 5) is 27.0. The van der Waals surface area contributed by atoms with Gasteiger partial charge in [0.2, 0.25) is 15.9 Å². The summed E-state index contributed by atoms with van der Waals surface area (Å²) in [6, 6.07) is 6.70. The third-order valence-electron chi connectivity index (χ3n) is 5.04. The van der Waals surface area contributed by atoms with E-state index in [-0.39, 0.29) is 30.5 Å². The first-order valence-corrected chi connectivity index (χ1v) is 11.7. The number of carbonyl (C=O) groups is 2. The fraction of sp³-hybridized carbons (Fsp3) is 0.300. The predicted octanol–water partition coefficient (Wildman–Crippen LogP) is 0.530. The van der Waals surface area contributed by atoms with Gasteiger partial charge < -0.3 is 10.2 Å². The van der Waals surface area contributed by atoms with Gasteiger partial charge in [-0.2, -0.15) is 10.2 Å². The van der Waals surface area contributed by atoms with E-state index >= 15 is 0 Å². The number of fused-ring (bicyclic) bond motifs is 1. The summed E-state index contributed by atoms with van der Waals surface area (Å²) in [5.74, 6) is -0.390. The van der Waals surface area contributed by atoms with Crippen molar-refractivity contribution in [3.8, 4) is 0 Å².